The lowest BCUT2D eigenvalue weighted by Gasteiger charge is -2.05. The number of aromatic nitrogens is 1. The van der Waals surface area contributed by atoms with E-state index < -0.39 is 0 Å². The lowest BCUT2D eigenvalue weighted by molar-refractivity contribution is 0.430. The van der Waals surface area contributed by atoms with Crippen molar-refractivity contribution >= 4 is 45.0 Å². The number of fused-ring (bicyclic) bond motifs is 1. The third-order valence-corrected chi connectivity index (χ3v) is 4.25. The number of hydrogen-bond donors (Lipinski definition) is 1. The molecule has 0 saturated heterocycles. The van der Waals surface area contributed by atoms with Crippen molar-refractivity contribution in [1.82, 2.24) is 4.57 Å². The van der Waals surface area contributed by atoms with Gasteiger partial charge in [-0.3, -0.25) is 0 Å². The molecule has 0 unspecified atom stereocenters. The van der Waals surface area contributed by atoms with E-state index in [1.165, 1.54) is 0 Å². The van der Waals surface area contributed by atoms with Crippen LogP contribution in [0.25, 0.3) is 10.8 Å². The molecule has 4 heteroatoms. The Balaban J connectivity index is 2.04. The molecule has 0 radical (unpaired) electrons. The molecule has 0 saturated carbocycles. The van der Waals surface area contributed by atoms with Crippen molar-refractivity contribution in [3.8, 4) is 5.88 Å². The van der Waals surface area contributed by atoms with Gasteiger partial charge in [0, 0.05) is 20.2 Å². The van der Waals surface area contributed by atoms with E-state index in [4.69, 9.17) is 11.6 Å². The van der Waals surface area contributed by atoms with Crippen LogP contribution in [-0.4, -0.2) is 9.67 Å². The van der Waals surface area contributed by atoms with Crippen LogP contribution in [-0.2, 0) is 6.54 Å². The highest BCUT2D eigenvalue weighted by Gasteiger charge is 2.10. The summed E-state index contributed by atoms with van der Waals surface area (Å²) in [6.45, 7) is 0.633. The molecule has 0 aliphatic carbocycles. The van der Waals surface area contributed by atoms with E-state index in [2.05, 4.69) is 22.6 Å². The number of rotatable bonds is 2. The molecule has 0 fully saturated rings. The van der Waals surface area contributed by atoms with Crippen LogP contribution in [0.5, 0.6) is 5.88 Å². The molecule has 1 aromatic heterocycles. The van der Waals surface area contributed by atoms with Crippen molar-refractivity contribution < 1.29 is 5.11 Å². The third-order valence-electron chi connectivity index (χ3n) is 3.10. The van der Waals surface area contributed by atoms with Crippen molar-refractivity contribution in [2.75, 3.05) is 0 Å². The Kier molecular flexibility index (Phi) is 3.41. The topological polar surface area (TPSA) is 25.2 Å². The number of aromatic hydroxyl groups is 1. The zero-order valence-corrected chi connectivity index (χ0v) is 12.9. The summed E-state index contributed by atoms with van der Waals surface area (Å²) in [4.78, 5) is 0. The lowest BCUT2D eigenvalue weighted by atomic mass is 10.2. The molecule has 1 N–H and O–H groups in total. The summed E-state index contributed by atoms with van der Waals surface area (Å²) < 4.78 is 2.92. The number of hydrogen-bond acceptors (Lipinski definition) is 1. The fraction of sp³-hybridized carbons (Fsp3) is 0.0667. The summed E-state index contributed by atoms with van der Waals surface area (Å²) in [5.41, 5.74) is 1.11. The van der Waals surface area contributed by atoms with Crippen molar-refractivity contribution in [2.45, 2.75) is 6.54 Å². The molecule has 3 rings (SSSR count). The van der Waals surface area contributed by atoms with Crippen molar-refractivity contribution in [3.05, 3.63) is 62.8 Å². The molecular weight excluding hydrogens is 373 g/mol. The number of nitrogens with zero attached hydrogens (tertiary/aromatic N) is 1. The quantitative estimate of drug-likeness (QED) is 0.640. The van der Waals surface area contributed by atoms with Gasteiger partial charge in [0.2, 0.25) is 0 Å². The predicted octanol–water partition coefficient (Wildman–Crippen LogP) is 4.65. The standard InChI is InChI=1S/C15H11ClINO/c16-12-6-4-10(5-7-12)8-18-9-11-2-1-3-13(17)14(11)15(18)19/h1-7,9,19H,8H2. The molecule has 2 aromatic carbocycles. The maximum absolute atomic E-state index is 10.3. The largest absolute Gasteiger partial charge is 0.494 e. The highest BCUT2D eigenvalue weighted by Crippen LogP contribution is 2.31. The zero-order chi connectivity index (χ0) is 13.4. The lowest BCUT2D eigenvalue weighted by Crippen LogP contribution is -1.96. The van der Waals surface area contributed by atoms with Gasteiger partial charge in [-0.05, 0) is 46.4 Å². The highest BCUT2D eigenvalue weighted by molar-refractivity contribution is 14.1. The minimum atomic E-state index is 0.315. The molecule has 0 atom stereocenters. The van der Waals surface area contributed by atoms with Crippen LogP contribution in [0.4, 0.5) is 0 Å². The van der Waals surface area contributed by atoms with Gasteiger partial charge in [0.05, 0.1) is 11.9 Å². The van der Waals surface area contributed by atoms with Gasteiger partial charge < -0.3 is 9.67 Å². The first-order valence-electron chi connectivity index (χ1n) is 5.86. The molecule has 1 heterocycles. The van der Waals surface area contributed by atoms with Crippen LogP contribution in [0.3, 0.4) is 0 Å². The van der Waals surface area contributed by atoms with Crippen LogP contribution in [0, 0.1) is 3.57 Å². The minimum Gasteiger partial charge on any atom is -0.494 e. The average Bonchev–Trinajstić information content (AvgIpc) is 2.71. The Labute approximate surface area is 129 Å². The molecule has 0 aliphatic heterocycles. The molecule has 0 amide bonds. The molecule has 96 valence electrons. The normalized spacial score (nSPS) is 11.1. The van der Waals surface area contributed by atoms with E-state index in [0.29, 0.717) is 12.4 Å². The molecule has 2 nitrogen and oxygen atoms in total. The minimum absolute atomic E-state index is 0.315. The van der Waals surface area contributed by atoms with Gasteiger partial charge >= 0.3 is 0 Å². The maximum Gasteiger partial charge on any atom is 0.200 e. The second kappa shape index (κ2) is 5.06. The Morgan fingerprint density at radius 1 is 1.11 bits per heavy atom. The van der Waals surface area contributed by atoms with Crippen LogP contribution in [0.15, 0.2) is 48.7 Å². The van der Waals surface area contributed by atoms with Crippen molar-refractivity contribution in [2.24, 2.45) is 0 Å². The molecule has 3 aromatic rings. The first-order valence-corrected chi connectivity index (χ1v) is 7.31. The first-order chi connectivity index (χ1) is 9.15. The Morgan fingerprint density at radius 2 is 1.84 bits per heavy atom. The molecule has 19 heavy (non-hydrogen) atoms. The number of benzene rings is 2. The van der Waals surface area contributed by atoms with E-state index in [1.54, 1.807) is 0 Å². The Bertz CT molecular complexity index is 734. The first kappa shape index (κ1) is 12.8. The van der Waals surface area contributed by atoms with E-state index in [1.807, 2.05) is 53.2 Å². The second-order valence-electron chi connectivity index (χ2n) is 4.41. The zero-order valence-electron chi connectivity index (χ0n) is 9.98. The van der Waals surface area contributed by atoms with Gasteiger partial charge in [-0.15, -0.1) is 0 Å². The van der Waals surface area contributed by atoms with Crippen LogP contribution >= 0.6 is 34.2 Å². The maximum atomic E-state index is 10.3. The number of halogens is 2. The van der Waals surface area contributed by atoms with Crippen molar-refractivity contribution in [3.63, 3.8) is 0 Å². The summed E-state index contributed by atoms with van der Waals surface area (Å²) in [7, 11) is 0. The summed E-state index contributed by atoms with van der Waals surface area (Å²) in [6.07, 6.45) is 1.97. The van der Waals surface area contributed by atoms with Gasteiger partial charge in [0.25, 0.3) is 0 Å². The van der Waals surface area contributed by atoms with E-state index >= 15 is 0 Å². The van der Waals surface area contributed by atoms with Gasteiger partial charge in [-0.1, -0.05) is 35.9 Å². The predicted molar refractivity (Wildman–Crippen MR) is 86.9 cm³/mol. The summed E-state index contributed by atoms with van der Waals surface area (Å²) >= 11 is 8.12. The molecule has 0 aliphatic rings. The van der Waals surface area contributed by atoms with Crippen molar-refractivity contribution in [1.29, 1.82) is 0 Å². The Hall–Kier alpha value is -1.20. The highest BCUT2D eigenvalue weighted by atomic mass is 127. The van der Waals surface area contributed by atoms with Crippen LogP contribution in [0.2, 0.25) is 5.02 Å². The molecule has 0 spiro atoms. The van der Waals surface area contributed by atoms with Crippen LogP contribution < -0.4 is 0 Å². The fourth-order valence-corrected chi connectivity index (χ4v) is 3.05. The van der Waals surface area contributed by atoms with Crippen LogP contribution in [0.1, 0.15) is 5.56 Å². The fourth-order valence-electron chi connectivity index (χ4n) is 2.16. The van der Waals surface area contributed by atoms with E-state index in [-0.39, 0.29) is 0 Å². The third kappa shape index (κ3) is 2.44. The summed E-state index contributed by atoms with van der Waals surface area (Å²) in [5, 5.41) is 13.0. The van der Waals surface area contributed by atoms with E-state index in [0.717, 1.165) is 24.9 Å². The monoisotopic (exact) mass is 383 g/mol. The van der Waals surface area contributed by atoms with Gasteiger partial charge in [-0.2, -0.15) is 0 Å². The summed E-state index contributed by atoms with van der Waals surface area (Å²) in [6, 6.07) is 13.7. The average molecular weight is 384 g/mol. The Morgan fingerprint density at radius 3 is 2.53 bits per heavy atom. The van der Waals surface area contributed by atoms with Gasteiger partial charge in [0.15, 0.2) is 5.88 Å². The molecular formula is C15H11ClINO. The van der Waals surface area contributed by atoms with E-state index in [9.17, 15) is 5.11 Å². The smallest absolute Gasteiger partial charge is 0.200 e. The molecule has 0 bridgehead atoms. The van der Waals surface area contributed by atoms with Gasteiger partial charge in [0.1, 0.15) is 0 Å². The van der Waals surface area contributed by atoms with Gasteiger partial charge in [-0.25, -0.2) is 0 Å². The summed E-state index contributed by atoms with van der Waals surface area (Å²) in [5.74, 6) is 0.315. The SMILES string of the molecule is Oc1c2c(I)cccc2cn1Cc1ccc(Cl)cc1. The second-order valence-corrected chi connectivity index (χ2v) is 6.01.